The van der Waals surface area contributed by atoms with Gasteiger partial charge in [-0.1, -0.05) is 354 Å². The Morgan fingerprint density at radius 2 is 0.395 bits per heavy atom. The quantitative estimate of drug-likeness (QED) is 0.0225. The highest BCUT2D eigenvalue weighted by Gasteiger charge is 2.01. The molecule has 86 heavy (non-hydrogen) atoms. The number of rotatable bonds is 64. The zero-order chi connectivity index (χ0) is 64.6. The number of aliphatic hydroxyl groups is 3. The number of aliphatic carboxylic acids is 4. The van der Waals surface area contributed by atoms with Crippen molar-refractivity contribution in [1.82, 2.24) is 0 Å². The van der Waals surface area contributed by atoms with E-state index in [0.29, 0.717) is 25.7 Å². The molecule has 0 rings (SSSR count). The van der Waals surface area contributed by atoms with Crippen LogP contribution in [-0.2, 0) is 19.2 Å². The van der Waals surface area contributed by atoms with E-state index in [4.69, 9.17) is 35.7 Å². The van der Waals surface area contributed by atoms with Gasteiger partial charge in [-0.15, -0.1) is 0 Å². The summed E-state index contributed by atoms with van der Waals surface area (Å²) in [4.78, 5) is 41.3. The van der Waals surface area contributed by atoms with Crippen LogP contribution in [-0.4, -0.2) is 78.9 Å². The molecule has 0 unspecified atom stereocenters. The van der Waals surface area contributed by atoms with Crippen molar-refractivity contribution in [3.63, 3.8) is 0 Å². The largest absolute Gasteiger partial charge is 0.481 e. The molecule has 0 aliphatic carbocycles. The standard InChI is InChI=1S/3C18H36O2.C18H32O2.C3H8O3/c4*1-2-3-4-5-6-7-8-9-10-11-12-13-14-15-16-17-18(19)20;4-1-3(6)2-5/h3*2-17H2,1H3,(H,19,20);6-7,9-10H,2-5,8,11-17H2,1H3,(H,19,20);3-6H,1-2H2/b;;;7-6-,10-9-;. The molecule has 0 heterocycles. The van der Waals surface area contributed by atoms with Crippen molar-refractivity contribution in [2.45, 2.75) is 419 Å². The molecule has 0 amide bonds. The summed E-state index contributed by atoms with van der Waals surface area (Å²) in [6, 6.07) is 0. The van der Waals surface area contributed by atoms with Crippen LogP contribution in [0.1, 0.15) is 413 Å². The van der Waals surface area contributed by atoms with Gasteiger partial charge < -0.3 is 35.7 Å². The minimum atomic E-state index is -0.954. The molecule has 514 valence electrons. The molecule has 0 aromatic heterocycles. The van der Waals surface area contributed by atoms with E-state index in [0.717, 1.165) is 64.2 Å². The third-order valence-corrected chi connectivity index (χ3v) is 15.7. The zero-order valence-corrected chi connectivity index (χ0v) is 57.5. The summed E-state index contributed by atoms with van der Waals surface area (Å²) in [5.41, 5.74) is 0. The Kier molecular flexibility index (Phi) is 94.8. The summed E-state index contributed by atoms with van der Waals surface area (Å²) in [7, 11) is 0. The fraction of sp³-hybridized carbons (Fsp3) is 0.893. The van der Waals surface area contributed by atoms with Gasteiger partial charge in [0.25, 0.3) is 0 Å². The summed E-state index contributed by atoms with van der Waals surface area (Å²) in [5, 5.41) is 58.1. The second-order valence-electron chi connectivity index (χ2n) is 24.7. The van der Waals surface area contributed by atoms with E-state index < -0.39 is 30.0 Å². The summed E-state index contributed by atoms with van der Waals surface area (Å²) in [5.74, 6) is -2.63. The molecule has 0 aliphatic rings. The van der Waals surface area contributed by atoms with Crippen molar-refractivity contribution in [1.29, 1.82) is 0 Å². The molecule has 0 aromatic carbocycles. The fourth-order valence-electron chi connectivity index (χ4n) is 10.1. The first-order chi connectivity index (χ1) is 41.9. The third-order valence-electron chi connectivity index (χ3n) is 15.7. The van der Waals surface area contributed by atoms with Gasteiger partial charge in [0.2, 0.25) is 0 Å². The Balaban J connectivity index is -0.000000328. The lowest BCUT2D eigenvalue weighted by Gasteiger charge is -2.03. The molecule has 0 aliphatic heterocycles. The van der Waals surface area contributed by atoms with Gasteiger partial charge >= 0.3 is 23.9 Å². The molecule has 0 spiro atoms. The number of hydrogen-bond donors (Lipinski definition) is 7. The van der Waals surface area contributed by atoms with Gasteiger partial charge in [0.05, 0.1) is 13.2 Å². The van der Waals surface area contributed by atoms with Crippen molar-refractivity contribution in [3.05, 3.63) is 24.3 Å². The van der Waals surface area contributed by atoms with E-state index >= 15 is 0 Å². The predicted octanol–water partition coefficient (Wildman–Crippen LogP) is 23.2. The maximum absolute atomic E-state index is 10.3. The highest BCUT2D eigenvalue weighted by atomic mass is 16.4. The second-order valence-corrected chi connectivity index (χ2v) is 24.7. The molecule has 7 N–H and O–H groups in total. The normalized spacial score (nSPS) is 11.0. The Hall–Kier alpha value is -2.76. The van der Waals surface area contributed by atoms with Crippen LogP contribution in [0.2, 0.25) is 0 Å². The number of allylic oxidation sites excluding steroid dienone is 4. The maximum atomic E-state index is 10.3. The van der Waals surface area contributed by atoms with Gasteiger partial charge in [-0.3, -0.25) is 19.2 Å². The first-order valence-corrected chi connectivity index (χ1v) is 37.0. The average molecular weight is 1230 g/mol. The SMILES string of the molecule is CCCCC/C=C\C/C=C\CCCCCCCC(=O)O.CCCCCCCCCCCCCCCCCC(=O)O.CCCCCCCCCCCCCCCCCC(=O)O.CCCCCCCCCCCCCCCCCC(=O)O.OCC(O)CO. The van der Waals surface area contributed by atoms with Gasteiger partial charge in [-0.25, -0.2) is 0 Å². The molecule has 0 atom stereocenters. The van der Waals surface area contributed by atoms with E-state index in [1.807, 2.05) is 0 Å². The molecular formula is C75H148O11. The monoisotopic (exact) mass is 1230 g/mol. The second kappa shape index (κ2) is 88.7. The molecule has 0 bridgehead atoms. The van der Waals surface area contributed by atoms with Crippen LogP contribution in [0.4, 0.5) is 0 Å². The van der Waals surface area contributed by atoms with E-state index in [9.17, 15) is 19.2 Å². The summed E-state index contributed by atoms with van der Waals surface area (Å²) in [6.07, 6.45) is 81.9. The molecule has 0 saturated heterocycles. The van der Waals surface area contributed by atoms with Crippen LogP contribution in [0.3, 0.4) is 0 Å². The zero-order valence-electron chi connectivity index (χ0n) is 57.5. The molecule has 0 radical (unpaired) electrons. The van der Waals surface area contributed by atoms with Crippen LogP contribution >= 0.6 is 0 Å². The Bertz CT molecular complexity index is 1230. The molecule has 0 saturated carbocycles. The lowest BCUT2D eigenvalue weighted by molar-refractivity contribution is -0.138. The van der Waals surface area contributed by atoms with Crippen molar-refractivity contribution in [2.24, 2.45) is 0 Å². The molecule has 11 heteroatoms. The predicted molar refractivity (Wildman–Crippen MR) is 369 cm³/mol. The van der Waals surface area contributed by atoms with E-state index in [2.05, 4.69) is 52.0 Å². The summed E-state index contributed by atoms with van der Waals surface area (Å²) in [6.45, 7) is 8.32. The van der Waals surface area contributed by atoms with Crippen LogP contribution in [0.5, 0.6) is 0 Å². The lowest BCUT2D eigenvalue weighted by atomic mass is 10.0. The van der Waals surface area contributed by atoms with E-state index in [1.165, 1.54) is 295 Å². The van der Waals surface area contributed by atoms with Crippen LogP contribution < -0.4 is 0 Å². The van der Waals surface area contributed by atoms with Crippen molar-refractivity contribution in [3.8, 4) is 0 Å². The Morgan fingerprint density at radius 3 is 0.558 bits per heavy atom. The highest BCUT2D eigenvalue weighted by molar-refractivity contribution is 5.67. The van der Waals surface area contributed by atoms with Crippen LogP contribution in [0.25, 0.3) is 0 Å². The summed E-state index contributed by atoms with van der Waals surface area (Å²) >= 11 is 0. The van der Waals surface area contributed by atoms with E-state index in [1.54, 1.807) is 0 Å². The van der Waals surface area contributed by atoms with Gasteiger partial charge in [-0.2, -0.15) is 0 Å². The summed E-state index contributed by atoms with van der Waals surface area (Å²) < 4.78 is 0. The lowest BCUT2D eigenvalue weighted by Crippen LogP contribution is -2.15. The number of hydrogen-bond acceptors (Lipinski definition) is 7. The fourth-order valence-corrected chi connectivity index (χ4v) is 10.1. The third kappa shape index (κ3) is 109. The molecule has 0 fully saturated rings. The number of unbranched alkanes of at least 4 members (excludes halogenated alkanes) is 50. The smallest absolute Gasteiger partial charge is 0.303 e. The topological polar surface area (TPSA) is 210 Å². The van der Waals surface area contributed by atoms with Crippen LogP contribution in [0, 0.1) is 0 Å². The number of carboxylic acid groups (broad SMARTS) is 4. The molecular weight excluding hydrogens is 1080 g/mol. The first-order valence-electron chi connectivity index (χ1n) is 37.0. The first kappa shape index (κ1) is 92.0. The number of aliphatic hydroxyl groups excluding tert-OH is 3. The minimum Gasteiger partial charge on any atom is -0.481 e. The minimum absolute atomic E-state index is 0.324. The van der Waals surface area contributed by atoms with E-state index in [-0.39, 0.29) is 13.2 Å². The van der Waals surface area contributed by atoms with Crippen molar-refractivity contribution in [2.75, 3.05) is 13.2 Å². The van der Waals surface area contributed by atoms with Gasteiger partial charge in [0.15, 0.2) is 0 Å². The number of carbonyl (C=O) groups is 4. The molecule has 11 nitrogen and oxygen atoms in total. The van der Waals surface area contributed by atoms with Gasteiger partial charge in [0.1, 0.15) is 6.10 Å². The van der Waals surface area contributed by atoms with Crippen molar-refractivity contribution < 1.29 is 54.9 Å². The van der Waals surface area contributed by atoms with Gasteiger partial charge in [0, 0.05) is 25.7 Å². The molecule has 0 aromatic rings. The maximum Gasteiger partial charge on any atom is 0.303 e. The van der Waals surface area contributed by atoms with Crippen LogP contribution in [0.15, 0.2) is 24.3 Å². The highest BCUT2D eigenvalue weighted by Crippen LogP contribution is 2.17. The number of carboxylic acids is 4. The Labute approximate surface area is 533 Å². The van der Waals surface area contributed by atoms with Crippen molar-refractivity contribution >= 4 is 23.9 Å². The van der Waals surface area contributed by atoms with Gasteiger partial charge in [-0.05, 0) is 57.8 Å². The Morgan fingerprint density at radius 1 is 0.244 bits per heavy atom. The average Bonchev–Trinajstić information content (AvgIpc) is 3.49.